The van der Waals surface area contributed by atoms with Crippen molar-refractivity contribution in [1.82, 2.24) is 0 Å². The fourth-order valence-electron chi connectivity index (χ4n) is 9.41. The second-order valence-corrected chi connectivity index (χ2v) is 13.3. The lowest BCUT2D eigenvalue weighted by Crippen LogP contribution is -2.55. The van der Waals surface area contributed by atoms with Crippen LogP contribution in [0.1, 0.15) is 125 Å². The van der Waals surface area contributed by atoms with Gasteiger partial charge in [0.1, 0.15) is 0 Å². The smallest absolute Gasteiger partial charge is 0.0622 e. The van der Waals surface area contributed by atoms with Gasteiger partial charge in [0.2, 0.25) is 0 Å². The molecule has 174 valence electrons. The number of rotatable bonds is 6. The normalized spacial score (nSPS) is 50.3. The second kappa shape index (κ2) is 8.05. The fraction of sp³-hybridized carbons (Fsp3) is 1.00. The Labute approximate surface area is 186 Å². The topological polar surface area (TPSA) is 40.5 Å². The molecule has 9 atom stereocenters. The molecular weight excluding hydrogens is 368 g/mol. The van der Waals surface area contributed by atoms with E-state index >= 15 is 0 Å². The molecule has 4 rings (SSSR count). The van der Waals surface area contributed by atoms with Crippen LogP contribution in [0, 0.1) is 40.4 Å². The average Bonchev–Trinajstić information content (AvgIpc) is 2.99. The third-order valence-corrected chi connectivity index (χ3v) is 11.2. The van der Waals surface area contributed by atoms with Crippen molar-refractivity contribution in [2.75, 3.05) is 0 Å². The Hall–Kier alpha value is -0.0800. The van der Waals surface area contributed by atoms with Crippen LogP contribution in [0.2, 0.25) is 0 Å². The number of hydrogen-bond acceptors (Lipinski definition) is 2. The van der Waals surface area contributed by atoms with Crippen LogP contribution in [0.3, 0.4) is 0 Å². The SMILES string of the molecule is CCC[C@](C)(O)CCC[C@H]1CC[C@H]2[C@@H]3CC[C@H]4C[C@@](C)(O)CC[C@]4(C)[C@H]3CC[C@]12C. The van der Waals surface area contributed by atoms with Gasteiger partial charge >= 0.3 is 0 Å². The molecule has 0 spiro atoms. The molecule has 0 aromatic rings. The second-order valence-electron chi connectivity index (χ2n) is 13.3. The van der Waals surface area contributed by atoms with Crippen LogP contribution >= 0.6 is 0 Å². The van der Waals surface area contributed by atoms with E-state index in [-0.39, 0.29) is 0 Å². The third-order valence-electron chi connectivity index (χ3n) is 11.2. The van der Waals surface area contributed by atoms with Gasteiger partial charge in [0.25, 0.3) is 0 Å². The summed E-state index contributed by atoms with van der Waals surface area (Å²) in [6.45, 7) is 11.6. The summed E-state index contributed by atoms with van der Waals surface area (Å²) in [5.74, 6) is 4.37. The van der Waals surface area contributed by atoms with E-state index in [1.54, 1.807) is 0 Å². The number of hydrogen-bond donors (Lipinski definition) is 2. The average molecular weight is 419 g/mol. The van der Waals surface area contributed by atoms with E-state index in [9.17, 15) is 10.2 Å². The Kier molecular flexibility index (Phi) is 6.20. The van der Waals surface area contributed by atoms with E-state index in [1.807, 2.05) is 6.92 Å². The molecule has 0 aromatic carbocycles. The lowest BCUT2D eigenvalue weighted by molar-refractivity contribution is -0.146. The number of aliphatic hydroxyl groups is 2. The van der Waals surface area contributed by atoms with Crippen molar-refractivity contribution in [1.29, 1.82) is 0 Å². The molecule has 4 saturated carbocycles. The first-order valence-electron chi connectivity index (χ1n) is 13.5. The van der Waals surface area contributed by atoms with Crippen LogP contribution in [0.4, 0.5) is 0 Å². The van der Waals surface area contributed by atoms with E-state index < -0.39 is 11.2 Å². The van der Waals surface area contributed by atoms with Gasteiger partial charge in [-0.05, 0) is 131 Å². The molecular formula is C28H50O2. The lowest BCUT2D eigenvalue weighted by Gasteiger charge is -2.62. The molecule has 4 fully saturated rings. The predicted molar refractivity (Wildman–Crippen MR) is 125 cm³/mol. The third kappa shape index (κ3) is 4.02. The van der Waals surface area contributed by atoms with Crippen molar-refractivity contribution in [2.24, 2.45) is 40.4 Å². The molecule has 0 bridgehead atoms. The van der Waals surface area contributed by atoms with Crippen molar-refractivity contribution in [3.8, 4) is 0 Å². The molecule has 0 radical (unpaired) electrons. The summed E-state index contributed by atoms with van der Waals surface area (Å²) in [6, 6.07) is 0. The molecule has 0 aromatic heterocycles. The van der Waals surface area contributed by atoms with Crippen LogP contribution in [0.15, 0.2) is 0 Å². The van der Waals surface area contributed by atoms with Crippen molar-refractivity contribution in [3.63, 3.8) is 0 Å². The van der Waals surface area contributed by atoms with Crippen molar-refractivity contribution >= 4 is 0 Å². The first-order chi connectivity index (χ1) is 14.0. The van der Waals surface area contributed by atoms with Gasteiger partial charge in [0, 0.05) is 0 Å². The zero-order chi connectivity index (χ0) is 21.8. The summed E-state index contributed by atoms with van der Waals surface area (Å²) in [6.07, 6.45) is 17.3. The van der Waals surface area contributed by atoms with Gasteiger partial charge < -0.3 is 10.2 Å². The summed E-state index contributed by atoms with van der Waals surface area (Å²) < 4.78 is 0. The van der Waals surface area contributed by atoms with E-state index in [4.69, 9.17) is 0 Å². The Bertz CT molecular complexity index is 610. The van der Waals surface area contributed by atoms with Gasteiger partial charge in [0.15, 0.2) is 0 Å². The highest BCUT2D eigenvalue weighted by Gasteiger charge is 2.60. The van der Waals surface area contributed by atoms with Crippen molar-refractivity contribution in [3.05, 3.63) is 0 Å². The molecule has 30 heavy (non-hydrogen) atoms. The van der Waals surface area contributed by atoms with Gasteiger partial charge in [0.05, 0.1) is 11.2 Å². The quantitative estimate of drug-likeness (QED) is 0.482. The lowest BCUT2D eigenvalue weighted by atomic mass is 9.44. The van der Waals surface area contributed by atoms with Crippen LogP contribution in [0.25, 0.3) is 0 Å². The van der Waals surface area contributed by atoms with Crippen LogP contribution < -0.4 is 0 Å². The fourth-order valence-corrected chi connectivity index (χ4v) is 9.41. The maximum Gasteiger partial charge on any atom is 0.0622 e. The number of fused-ring (bicyclic) bond motifs is 5. The monoisotopic (exact) mass is 418 g/mol. The zero-order valence-electron chi connectivity index (χ0n) is 20.7. The van der Waals surface area contributed by atoms with Gasteiger partial charge in [-0.2, -0.15) is 0 Å². The van der Waals surface area contributed by atoms with Gasteiger partial charge in [-0.1, -0.05) is 33.6 Å². The minimum atomic E-state index is -0.458. The van der Waals surface area contributed by atoms with E-state index in [0.29, 0.717) is 10.8 Å². The molecule has 4 aliphatic rings. The first-order valence-corrected chi connectivity index (χ1v) is 13.5. The van der Waals surface area contributed by atoms with Gasteiger partial charge in [-0.15, -0.1) is 0 Å². The predicted octanol–water partition coefficient (Wildman–Crippen LogP) is 7.12. The zero-order valence-corrected chi connectivity index (χ0v) is 20.7. The van der Waals surface area contributed by atoms with Crippen LogP contribution in [-0.4, -0.2) is 21.4 Å². The molecule has 0 saturated heterocycles. The molecule has 0 heterocycles. The molecule has 2 nitrogen and oxygen atoms in total. The molecule has 2 heteroatoms. The minimum absolute atomic E-state index is 0.419. The van der Waals surface area contributed by atoms with Gasteiger partial charge in [-0.25, -0.2) is 0 Å². The Balaban J connectivity index is 1.41. The Morgan fingerprint density at radius 2 is 1.60 bits per heavy atom. The van der Waals surface area contributed by atoms with Crippen molar-refractivity contribution < 1.29 is 10.2 Å². The summed E-state index contributed by atoms with van der Waals surface area (Å²) in [4.78, 5) is 0. The van der Waals surface area contributed by atoms with E-state index in [2.05, 4.69) is 27.7 Å². The van der Waals surface area contributed by atoms with E-state index in [0.717, 1.165) is 61.7 Å². The maximum atomic E-state index is 10.7. The Morgan fingerprint density at radius 3 is 2.33 bits per heavy atom. The van der Waals surface area contributed by atoms with Crippen LogP contribution in [0.5, 0.6) is 0 Å². The van der Waals surface area contributed by atoms with E-state index in [1.165, 1.54) is 57.8 Å². The highest BCUT2D eigenvalue weighted by Crippen LogP contribution is 2.68. The summed E-state index contributed by atoms with van der Waals surface area (Å²) in [5, 5.41) is 21.3. The summed E-state index contributed by atoms with van der Waals surface area (Å²) in [7, 11) is 0. The highest BCUT2D eigenvalue weighted by molar-refractivity contribution is 5.10. The maximum absolute atomic E-state index is 10.7. The Morgan fingerprint density at radius 1 is 0.867 bits per heavy atom. The largest absolute Gasteiger partial charge is 0.390 e. The van der Waals surface area contributed by atoms with Gasteiger partial charge in [-0.3, -0.25) is 0 Å². The summed E-state index contributed by atoms with van der Waals surface area (Å²) >= 11 is 0. The summed E-state index contributed by atoms with van der Waals surface area (Å²) in [5.41, 5.74) is 0.142. The first kappa shape index (κ1) is 23.1. The van der Waals surface area contributed by atoms with Crippen LogP contribution in [-0.2, 0) is 0 Å². The standard InChI is InChI=1S/C28H50O2/c1-6-14-25(2,29)15-7-8-20-10-12-23-22-11-9-21-19-26(3,30)17-18-28(21,5)24(22)13-16-27(20,23)4/h20-24,29-30H,6-19H2,1-5H3/t20-,21-,22-,23-,24-,25-,26-,27+,28-/m0/s1. The van der Waals surface area contributed by atoms with Crippen molar-refractivity contribution in [2.45, 2.75) is 136 Å². The molecule has 2 N–H and O–H groups in total. The molecule has 0 aliphatic heterocycles. The molecule has 0 unspecified atom stereocenters. The highest BCUT2D eigenvalue weighted by atomic mass is 16.3. The minimum Gasteiger partial charge on any atom is -0.390 e. The molecule has 0 amide bonds. The molecule has 4 aliphatic carbocycles.